The van der Waals surface area contributed by atoms with E-state index in [1.807, 2.05) is 0 Å². The normalized spacial score (nSPS) is 21.6. The second-order valence-electron chi connectivity index (χ2n) is 5.94. The van der Waals surface area contributed by atoms with Gasteiger partial charge >= 0.3 is 0 Å². The Bertz CT molecular complexity index is 443. The van der Waals surface area contributed by atoms with E-state index in [1.54, 1.807) is 7.11 Å². The standard InChI is InChI=1S/C17H25NO2/c1-19-10-3-11-20-15-9-6-13-4-2-5-17(16(13)12-15)18-14-7-8-14/h6,9,12,14,17-18H,2-5,7-8,10-11H2,1H3. The smallest absolute Gasteiger partial charge is 0.119 e. The lowest BCUT2D eigenvalue weighted by atomic mass is 9.87. The van der Waals surface area contributed by atoms with E-state index >= 15 is 0 Å². The van der Waals surface area contributed by atoms with Gasteiger partial charge in [-0.15, -0.1) is 0 Å². The van der Waals surface area contributed by atoms with Crippen LogP contribution in [0.25, 0.3) is 0 Å². The van der Waals surface area contributed by atoms with Crippen LogP contribution in [-0.2, 0) is 11.2 Å². The van der Waals surface area contributed by atoms with Gasteiger partial charge in [-0.25, -0.2) is 0 Å². The second-order valence-corrected chi connectivity index (χ2v) is 5.94. The van der Waals surface area contributed by atoms with Crippen LogP contribution in [0, 0.1) is 0 Å². The van der Waals surface area contributed by atoms with Gasteiger partial charge in [0.25, 0.3) is 0 Å². The minimum Gasteiger partial charge on any atom is -0.493 e. The molecule has 3 rings (SSSR count). The molecule has 110 valence electrons. The maximum Gasteiger partial charge on any atom is 0.119 e. The molecule has 1 saturated carbocycles. The highest BCUT2D eigenvalue weighted by molar-refractivity contribution is 5.39. The van der Waals surface area contributed by atoms with Gasteiger partial charge in [0.15, 0.2) is 0 Å². The number of ether oxygens (including phenoxy) is 2. The highest BCUT2D eigenvalue weighted by Crippen LogP contribution is 2.35. The van der Waals surface area contributed by atoms with Crippen molar-refractivity contribution in [3.05, 3.63) is 29.3 Å². The molecule has 1 unspecified atom stereocenters. The molecule has 1 fully saturated rings. The van der Waals surface area contributed by atoms with E-state index in [9.17, 15) is 0 Å². The van der Waals surface area contributed by atoms with Crippen molar-refractivity contribution in [1.82, 2.24) is 5.32 Å². The lowest BCUT2D eigenvalue weighted by Gasteiger charge is -2.27. The number of methoxy groups -OCH3 is 1. The Morgan fingerprint density at radius 2 is 2.10 bits per heavy atom. The van der Waals surface area contributed by atoms with E-state index in [0.29, 0.717) is 6.04 Å². The lowest BCUT2D eigenvalue weighted by Crippen LogP contribution is -2.26. The topological polar surface area (TPSA) is 30.5 Å². The first-order valence-electron chi connectivity index (χ1n) is 7.87. The van der Waals surface area contributed by atoms with Gasteiger partial charge in [-0.2, -0.15) is 0 Å². The molecule has 0 bridgehead atoms. The first-order valence-corrected chi connectivity index (χ1v) is 7.87. The predicted molar refractivity (Wildman–Crippen MR) is 80.3 cm³/mol. The van der Waals surface area contributed by atoms with Crippen molar-refractivity contribution in [3.63, 3.8) is 0 Å². The molecule has 1 aromatic carbocycles. The number of benzene rings is 1. The summed E-state index contributed by atoms with van der Waals surface area (Å²) in [4.78, 5) is 0. The Morgan fingerprint density at radius 1 is 1.20 bits per heavy atom. The molecule has 0 aliphatic heterocycles. The van der Waals surface area contributed by atoms with Gasteiger partial charge in [-0.05, 0) is 55.4 Å². The molecule has 2 aliphatic carbocycles. The summed E-state index contributed by atoms with van der Waals surface area (Å²) in [7, 11) is 1.73. The maximum absolute atomic E-state index is 5.84. The molecular formula is C17H25NO2. The van der Waals surface area contributed by atoms with Crippen molar-refractivity contribution in [1.29, 1.82) is 0 Å². The Hall–Kier alpha value is -1.06. The second kappa shape index (κ2) is 6.59. The van der Waals surface area contributed by atoms with Crippen LogP contribution in [0.3, 0.4) is 0 Å². The fourth-order valence-electron chi connectivity index (χ4n) is 2.97. The van der Waals surface area contributed by atoms with E-state index in [0.717, 1.165) is 31.4 Å². The first kappa shape index (κ1) is 13.9. The number of hydrogen-bond donors (Lipinski definition) is 1. The van der Waals surface area contributed by atoms with Crippen molar-refractivity contribution in [2.24, 2.45) is 0 Å². The summed E-state index contributed by atoms with van der Waals surface area (Å²) >= 11 is 0. The highest BCUT2D eigenvalue weighted by Gasteiger charge is 2.28. The van der Waals surface area contributed by atoms with Crippen LogP contribution in [0.5, 0.6) is 5.75 Å². The van der Waals surface area contributed by atoms with Crippen LogP contribution in [-0.4, -0.2) is 26.4 Å². The number of hydrogen-bond acceptors (Lipinski definition) is 3. The third-order valence-corrected chi connectivity index (χ3v) is 4.21. The van der Waals surface area contributed by atoms with Crippen LogP contribution < -0.4 is 10.1 Å². The maximum atomic E-state index is 5.84. The minimum atomic E-state index is 0.536. The van der Waals surface area contributed by atoms with E-state index in [2.05, 4.69) is 23.5 Å². The van der Waals surface area contributed by atoms with Crippen LogP contribution >= 0.6 is 0 Å². The van der Waals surface area contributed by atoms with Crippen molar-refractivity contribution >= 4 is 0 Å². The van der Waals surface area contributed by atoms with Crippen LogP contribution in [0.2, 0.25) is 0 Å². The fraction of sp³-hybridized carbons (Fsp3) is 0.647. The average molecular weight is 275 g/mol. The van der Waals surface area contributed by atoms with Crippen molar-refractivity contribution in [2.75, 3.05) is 20.3 Å². The summed E-state index contributed by atoms with van der Waals surface area (Å²) in [5, 5.41) is 3.78. The predicted octanol–water partition coefficient (Wildman–Crippen LogP) is 3.23. The zero-order valence-electron chi connectivity index (χ0n) is 12.4. The van der Waals surface area contributed by atoms with E-state index in [1.165, 1.54) is 43.2 Å². The minimum absolute atomic E-state index is 0.536. The molecule has 0 aromatic heterocycles. The van der Waals surface area contributed by atoms with Gasteiger partial charge in [0.2, 0.25) is 0 Å². The monoisotopic (exact) mass is 275 g/mol. The Morgan fingerprint density at radius 3 is 2.90 bits per heavy atom. The van der Waals surface area contributed by atoms with Crippen molar-refractivity contribution in [2.45, 2.75) is 50.6 Å². The number of nitrogens with one attached hydrogen (secondary N) is 1. The van der Waals surface area contributed by atoms with E-state index in [-0.39, 0.29) is 0 Å². The Kier molecular flexibility index (Phi) is 4.58. The molecule has 3 nitrogen and oxygen atoms in total. The first-order chi connectivity index (χ1) is 9.86. The molecule has 1 N–H and O–H groups in total. The van der Waals surface area contributed by atoms with Gasteiger partial charge in [-0.3, -0.25) is 0 Å². The number of aryl methyl sites for hydroxylation is 1. The highest BCUT2D eigenvalue weighted by atomic mass is 16.5. The molecule has 0 saturated heterocycles. The molecule has 1 aromatic rings. The van der Waals surface area contributed by atoms with Crippen molar-refractivity contribution < 1.29 is 9.47 Å². The van der Waals surface area contributed by atoms with Gasteiger partial charge in [-0.1, -0.05) is 6.07 Å². The summed E-state index contributed by atoms with van der Waals surface area (Å²) in [6.07, 6.45) is 7.40. The summed E-state index contributed by atoms with van der Waals surface area (Å²) in [6, 6.07) is 7.92. The summed E-state index contributed by atoms with van der Waals surface area (Å²) in [6.45, 7) is 1.49. The number of rotatable bonds is 7. The molecule has 0 heterocycles. The van der Waals surface area contributed by atoms with E-state index in [4.69, 9.17) is 9.47 Å². The van der Waals surface area contributed by atoms with Gasteiger partial charge < -0.3 is 14.8 Å². The SMILES string of the molecule is COCCCOc1ccc2c(c1)C(NC1CC1)CCC2. The lowest BCUT2D eigenvalue weighted by molar-refractivity contribution is 0.172. The molecule has 0 spiro atoms. The summed E-state index contributed by atoms with van der Waals surface area (Å²) < 4.78 is 10.9. The Labute approximate surface area is 121 Å². The fourth-order valence-corrected chi connectivity index (χ4v) is 2.97. The van der Waals surface area contributed by atoms with E-state index < -0.39 is 0 Å². The molecule has 3 heteroatoms. The van der Waals surface area contributed by atoms with Crippen molar-refractivity contribution in [3.8, 4) is 5.75 Å². The summed E-state index contributed by atoms with van der Waals surface area (Å²) in [5.74, 6) is 1.00. The van der Waals surface area contributed by atoms with Crippen LogP contribution in [0.15, 0.2) is 18.2 Å². The van der Waals surface area contributed by atoms with Gasteiger partial charge in [0.1, 0.15) is 5.75 Å². The average Bonchev–Trinajstić information content (AvgIpc) is 3.28. The van der Waals surface area contributed by atoms with Crippen LogP contribution in [0.1, 0.15) is 49.3 Å². The summed E-state index contributed by atoms with van der Waals surface area (Å²) in [5.41, 5.74) is 2.96. The third kappa shape index (κ3) is 3.53. The zero-order valence-corrected chi connectivity index (χ0v) is 12.4. The van der Waals surface area contributed by atoms with Gasteiger partial charge in [0, 0.05) is 32.2 Å². The quantitative estimate of drug-likeness (QED) is 0.775. The molecule has 0 radical (unpaired) electrons. The molecular weight excluding hydrogens is 250 g/mol. The zero-order chi connectivity index (χ0) is 13.8. The number of fused-ring (bicyclic) bond motifs is 1. The van der Waals surface area contributed by atoms with Crippen LogP contribution in [0.4, 0.5) is 0 Å². The molecule has 1 atom stereocenters. The largest absolute Gasteiger partial charge is 0.493 e. The Balaban J connectivity index is 1.65. The molecule has 20 heavy (non-hydrogen) atoms. The van der Waals surface area contributed by atoms with Gasteiger partial charge in [0.05, 0.1) is 6.61 Å². The molecule has 0 amide bonds. The third-order valence-electron chi connectivity index (χ3n) is 4.21. The molecule has 2 aliphatic rings.